The van der Waals surface area contributed by atoms with Gasteiger partial charge in [-0.2, -0.15) is 18.6 Å². The van der Waals surface area contributed by atoms with E-state index in [0.717, 1.165) is 6.20 Å². The number of benzene rings is 1. The van der Waals surface area contributed by atoms with Crippen molar-refractivity contribution < 1.29 is 17.9 Å². The maximum absolute atomic E-state index is 12.7. The fraction of sp³-hybridized carbons (Fsp3) is 0.143. The number of hydrazone groups is 1. The zero-order chi connectivity index (χ0) is 19.3. The number of H-pyrrole nitrogens is 1. The van der Waals surface area contributed by atoms with E-state index in [9.17, 15) is 13.2 Å². The molecular weight excluding hydrogens is 384 g/mol. The van der Waals surface area contributed by atoms with Gasteiger partial charge in [-0.3, -0.25) is 10.5 Å². The summed E-state index contributed by atoms with van der Waals surface area (Å²) in [6, 6.07) is 6.36. The third-order valence-corrected chi connectivity index (χ3v) is 4.80. The Balaban J connectivity index is 2.40. The molecule has 0 fully saturated rings. The van der Waals surface area contributed by atoms with Gasteiger partial charge in [0.15, 0.2) is 5.03 Å². The first-order chi connectivity index (χ1) is 12.3. The van der Waals surface area contributed by atoms with Gasteiger partial charge in [-0.05, 0) is 24.6 Å². The normalized spacial score (nSPS) is 11.5. The lowest BCUT2D eigenvalue weighted by Gasteiger charge is -2.16. The molecule has 12 heteroatoms. The minimum absolute atomic E-state index is 0.0502. The third kappa shape index (κ3) is 4.18. The first kappa shape index (κ1) is 19.4. The fourth-order valence-corrected chi connectivity index (χ4v) is 3.14. The molecule has 2 aromatic rings. The standard InChI is InChI=1S/C14H15ClN6O4S/c1-2-25-13(22)11-8-18-20-12(11)26(23,24)21(14(16)17)19-7-9-3-5-10(15)6-4-9/h3-8H,2H2,1H3,(H3,16,17)(H,18,20)/b19-7+. The zero-order valence-corrected chi connectivity index (χ0v) is 15.1. The number of nitrogens with two attached hydrogens (primary N) is 1. The van der Waals surface area contributed by atoms with E-state index in [0.29, 0.717) is 10.6 Å². The minimum atomic E-state index is -4.49. The van der Waals surface area contributed by atoms with Crippen LogP contribution in [0.5, 0.6) is 0 Å². The Morgan fingerprint density at radius 2 is 2.12 bits per heavy atom. The van der Waals surface area contributed by atoms with Crippen molar-refractivity contribution in [3.05, 3.63) is 46.6 Å². The van der Waals surface area contributed by atoms with Crippen LogP contribution in [-0.4, -0.2) is 47.8 Å². The highest BCUT2D eigenvalue weighted by Gasteiger charge is 2.33. The van der Waals surface area contributed by atoms with Crippen molar-refractivity contribution in [1.82, 2.24) is 14.6 Å². The number of ether oxygens (including phenoxy) is 1. The number of nitrogens with zero attached hydrogens (tertiary/aromatic N) is 3. The number of hydrogen-bond donors (Lipinski definition) is 3. The maximum Gasteiger partial charge on any atom is 0.342 e. The minimum Gasteiger partial charge on any atom is -0.462 e. The second-order valence-corrected chi connectivity index (χ2v) is 6.90. The van der Waals surface area contributed by atoms with Crippen molar-refractivity contribution in [3.63, 3.8) is 0 Å². The molecule has 2 rings (SSSR count). The van der Waals surface area contributed by atoms with Gasteiger partial charge in [-0.25, -0.2) is 4.79 Å². The molecule has 0 aliphatic carbocycles. The first-order valence-corrected chi connectivity index (χ1v) is 8.98. The predicted molar refractivity (Wildman–Crippen MR) is 94.5 cm³/mol. The van der Waals surface area contributed by atoms with Crippen LogP contribution >= 0.6 is 11.6 Å². The van der Waals surface area contributed by atoms with E-state index in [1.54, 1.807) is 31.2 Å². The van der Waals surface area contributed by atoms with Gasteiger partial charge in [0.25, 0.3) is 0 Å². The topological polar surface area (TPSA) is 155 Å². The molecule has 1 heterocycles. The van der Waals surface area contributed by atoms with E-state index >= 15 is 0 Å². The van der Waals surface area contributed by atoms with Crippen LogP contribution in [0.25, 0.3) is 0 Å². The molecule has 138 valence electrons. The SMILES string of the molecule is CCOC(=O)c1cn[nH]c1S(=O)(=O)N(/N=C/c1ccc(Cl)cc1)C(=N)N. The quantitative estimate of drug-likeness (QED) is 0.287. The van der Waals surface area contributed by atoms with Crippen LogP contribution in [-0.2, 0) is 14.8 Å². The Kier molecular flexibility index (Phi) is 5.95. The molecule has 10 nitrogen and oxygen atoms in total. The van der Waals surface area contributed by atoms with Crippen LogP contribution < -0.4 is 5.73 Å². The maximum atomic E-state index is 12.7. The van der Waals surface area contributed by atoms with Crippen molar-refractivity contribution in [2.45, 2.75) is 11.9 Å². The van der Waals surface area contributed by atoms with Crippen LogP contribution in [0.3, 0.4) is 0 Å². The summed E-state index contributed by atoms with van der Waals surface area (Å²) >= 11 is 5.78. The van der Waals surface area contributed by atoms with E-state index < -0.39 is 27.0 Å². The molecule has 0 amide bonds. The fourth-order valence-electron chi connectivity index (χ4n) is 1.83. The van der Waals surface area contributed by atoms with Gasteiger partial charge in [0.1, 0.15) is 5.56 Å². The number of hydrogen-bond acceptors (Lipinski definition) is 7. The molecule has 0 saturated heterocycles. The molecule has 4 N–H and O–H groups in total. The Labute approximate surface area is 154 Å². The third-order valence-electron chi connectivity index (χ3n) is 2.97. The summed E-state index contributed by atoms with van der Waals surface area (Å²) in [5, 5.41) is 16.9. The number of rotatable bonds is 6. The number of carbonyl (C=O) groups is 1. The molecule has 0 spiro atoms. The van der Waals surface area contributed by atoms with Gasteiger partial charge in [-0.1, -0.05) is 23.7 Å². The molecule has 0 atom stereocenters. The number of halogens is 1. The Morgan fingerprint density at radius 3 is 2.69 bits per heavy atom. The Bertz CT molecular complexity index is 939. The van der Waals surface area contributed by atoms with Crippen LogP contribution in [0.15, 0.2) is 40.6 Å². The number of guanidine groups is 1. The van der Waals surface area contributed by atoms with Crippen LogP contribution in [0.1, 0.15) is 22.8 Å². The summed E-state index contributed by atoms with van der Waals surface area (Å²) in [6.45, 7) is 1.62. The van der Waals surface area contributed by atoms with E-state index in [4.69, 9.17) is 27.5 Å². The number of nitrogens with one attached hydrogen (secondary N) is 2. The van der Waals surface area contributed by atoms with Crippen molar-refractivity contribution in [2.75, 3.05) is 6.61 Å². The van der Waals surface area contributed by atoms with E-state index in [1.165, 1.54) is 6.21 Å². The number of esters is 1. The lowest BCUT2D eigenvalue weighted by atomic mass is 10.2. The molecule has 0 bridgehead atoms. The van der Waals surface area contributed by atoms with Crippen molar-refractivity contribution in [3.8, 4) is 0 Å². The second kappa shape index (κ2) is 7.97. The lowest BCUT2D eigenvalue weighted by molar-refractivity contribution is 0.0521. The van der Waals surface area contributed by atoms with Crippen LogP contribution in [0, 0.1) is 5.41 Å². The average molecular weight is 399 g/mol. The molecule has 1 aromatic carbocycles. The highest BCUT2D eigenvalue weighted by atomic mass is 35.5. The Hall–Kier alpha value is -2.92. The number of sulfonamides is 1. The first-order valence-electron chi connectivity index (χ1n) is 7.16. The highest BCUT2D eigenvalue weighted by Crippen LogP contribution is 2.19. The monoisotopic (exact) mass is 398 g/mol. The molecule has 0 radical (unpaired) electrons. The molecule has 0 saturated carbocycles. The van der Waals surface area contributed by atoms with E-state index in [-0.39, 0.29) is 16.6 Å². The largest absolute Gasteiger partial charge is 0.462 e. The summed E-state index contributed by atoms with van der Waals surface area (Å²) in [5.74, 6) is -1.76. The number of aromatic nitrogens is 2. The Morgan fingerprint density at radius 1 is 1.46 bits per heavy atom. The molecule has 0 unspecified atom stereocenters. The van der Waals surface area contributed by atoms with Gasteiger partial charge < -0.3 is 10.5 Å². The average Bonchev–Trinajstić information content (AvgIpc) is 3.07. The molecule has 0 aliphatic heterocycles. The number of aromatic amines is 1. The lowest BCUT2D eigenvalue weighted by Crippen LogP contribution is -2.38. The van der Waals surface area contributed by atoms with E-state index in [2.05, 4.69) is 15.3 Å². The van der Waals surface area contributed by atoms with Crippen molar-refractivity contribution in [1.29, 1.82) is 5.41 Å². The van der Waals surface area contributed by atoms with E-state index in [1.807, 2.05) is 0 Å². The summed E-state index contributed by atoms with van der Waals surface area (Å²) in [7, 11) is -4.49. The van der Waals surface area contributed by atoms with Gasteiger partial charge >= 0.3 is 16.0 Å². The highest BCUT2D eigenvalue weighted by molar-refractivity contribution is 7.89. The van der Waals surface area contributed by atoms with Crippen molar-refractivity contribution >= 4 is 39.8 Å². The van der Waals surface area contributed by atoms with Crippen LogP contribution in [0.2, 0.25) is 5.02 Å². The van der Waals surface area contributed by atoms with Crippen molar-refractivity contribution in [2.24, 2.45) is 10.8 Å². The molecule has 0 aliphatic rings. The summed E-state index contributed by atoms with van der Waals surface area (Å²) in [4.78, 5) is 11.9. The van der Waals surface area contributed by atoms with Gasteiger partial charge in [0.2, 0.25) is 5.96 Å². The smallest absolute Gasteiger partial charge is 0.342 e. The molecular formula is C14H15ClN6O4S. The zero-order valence-electron chi connectivity index (χ0n) is 13.5. The van der Waals surface area contributed by atoms with Gasteiger partial charge in [0, 0.05) is 5.02 Å². The second-order valence-electron chi connectivity index (χ2n) is 4.76. The predicted octanol–water partition coefficient (Wildman–Crippen LogP) is 1.16. The molecule has 1 aromatic heterocycles. The number of carbonyl (C=O) groups excluding carboxylic acids is 1. The van der Waals surface area contributed by atoms with Gasteiger partial charge in [-0.15, -0.1) is 4.41 Å². The summed E-state index contributed by atoms with van der Waals surface area (Å²) in [5.41, 5.74) is 5.55. The summed E-state index contributed by atoms with van der Waals surface area (Å²) < 4.78 is 30.5. The van der Waals surface area contributed by atoms with Crippen LogP contribution in [0.4, 0.5) is 0 Å². The molecule has 26 heavy (non-hydrogen) atoms. The summed E-state index contributed by atoms with van der Waals surface area (Å²) in [6.07, 6.45) is 2.18. The van der Waals surface area contributed by atoms with Gasteiger partial charge in [0.05, 0.1) is 19.0 Å².